The van der Waals surface area contributed by atoms with Crippen LogP contribution in [-0.2, 0) is 65.4 Å². The van der Waals surface area contributed by atoms with Gasteiger partial charge >= 0.3 is 39.5 Å². The molecule has 0 aromatic rings. The number of hydrogen-bond acceptors (Lipinski definition) is 15. The highest BCUT2D eigenvalue weighted by atomic mass is 31.2. The summed E-state index contributed by atoms with van der Waals surface area (Å²) in [5.41, 5.74) is 0. The maximum Gasteiger partial charge on any atom is 0.472 e. The van der Waals surface area contributed by atoms with Crippen molar-refractivity contribution in [3.63, 3.8) is 0 Å². The summed E-state index contributed by atoms with van der Waals surface area (Å²) in [4.78, 5) is 72.8. The second-order valence-corrected chi connectivity index (χ2v) is 31.7. The number of esters is 4. The predicted octanol–water partition coefficient (Wildman–Crippen LogP) is 23.1. The minimum absolute atomic E-state index is 0.103. The minimum Gasteiger partial charge on any atom is -0.462 e. The van der Waals surface area contributed by atoms with Gasteiger partial charge in [-0.25, -0.2) is 9.13 Å². The largest absolute Gasteiger partial charge is 0.472 e. The van der Waals surface area contributed by atoms with Crippen LogP contribution in [0.3, 0.4) is 0 Å². The average Bonchev–Trinajstić information content (AvgIpc) is 1.02. The molecule has 97 heavy (non-hydrogen) atoms. The van der Waals surface area contributed by atoms with Crippen molar-refractivity contribution in [2.24, 2.45) is 11.8 Å². The number of aliphatic hydroxyl groups is 1. The van der Waals surface area contributed by atoms with E-state index in [9.17, 15) is 43.2 Å². The summed E-state index contributed by atoms with van der Waals surface area (Å²) in [6.07, 6.45) is 58.4. The van der Waals surface area contributed by atoms with Crippen molar-refractivity contribution in [1.29, 1.82) is 0 Å². The van der Waals surface area contributed by atoms with Gasteiger partial charge in [-0.15, -0.1) is 0 Å². The zero-order valence-electron chi connectivity index (χ0n) is 63.4. The molecular formula is C78H152O17P2. The Morgan fingerprint density at radius 3 is 0.784 bits per heavy atom. The van der Waals surface area contributed by atoms with E-state index in [2.05, 4.69) is 41.5 Å². The van der Waals surface area contributed by atoms with Gasteiger partial charge < -0.3 is 33.8 Å². The number of carbonyl (C=O) groups is 4. The summed E-state index contributed by atoms with van der Waals surface area (Å²) in [6.45, 7) is 9.59. The van der Waals surface area contributed by atoms with Crippen molar-refractivity contribution in [3.8, 4) is 0 Å². The lowest BCUT2D eigenvalue weighted by Crippen LogP contribution is -2.30. The lowest BCUT2D eigenvalue weighted by Gasteiger charge is -2.21. The van der Waals surface area contributed by atoms with Gasteiger partial charge in [-0.05, 0) is 37.5 Å². The number of unbranched alkanes of at least 4 members (excludes halogenated alkanes) is 46. The second kappa shape index (κ2) is 69.8. The van der Waals surface area contributed by atoms with Gasteiger partial charge in [0.2, 0.25) is 0 Å². The molecule has 0 spiro atoms. The Kier molecular flexibility index (Phi) is 68.4. The molecule has 19 heteroatoms. The molecule has 3 unspecified atom stereocenters. The van der Waals surface area contributed by atoms with E-state index in [0.29, 0.717) is 25.7 Å². The zero-order chi connectivity index (χ0) is 71.4. The molecular weight excluding hydrogens is 1270 g/mol. The maximum absolute atomic E-state index is 13.1. The van der Waals surface area contributed by atoms with E-state index < -0.39 is 97.5 Å². The van der Waals surface area contributed by atoms with Crippen LogP contribution in [0.15, 0.2) is 0 Å². The van der Waals surface area contributed by atoms with Gasteiger partial charge in [0.1, 0.15) is 19.3 Å². The number of carbonyl (C=O) groups excluding carboxylic acids is 4. The van der Waals surface area contributed by atoms with Crippen molar-refractivity contribution in [2.45, 2.75) is 426 Å². The predicted molar refractivity (Wildman–Crippen MR) is 395 cm³/mol. The number of hydrogen-bond donors (Lipinski definition) is 3. The summed E-state index contributed by atoms with van der Waals surface area (Å²) in [7, 11) is -9.91. The molecule has 0 heterocycles. The molecule has 0 fully saturated rings. The van der Waals surface area contributed by atoms with Crippen molar-refractivity contribution >= 4 is 39.5 Å². The average molecular weight is 1420 g/mol. The Bertz CT molecular complexity index is 1870. The third kappa shape index (κ3) is 70.9. The van der Waals surface area contributed by atoms with Crippen LogP contribution in [0.5, 0.6) is 0 Å². The van der Waals surface area contributed by atoms with E-state index in [1.807, 2.05) is 0 Å². The van der Waals surface area contributed by atoms with E-state index in [1.165, 1.54) is 225 Å². The Labute approximate surface area is 594 Å². The highest BCUT2D eigenvalue weighted by molar-refractivity contribution is 7.47. The first-order chi connectivity index (χ1) is 46.9. The molecule has 6 atom stereocenters. The van der Waals surface area contributed by atoms with Crippen molar-refractivity contribution in [1.82, 2.24) is 0 Å². The summed E-state index contributed by atoms with van der Waals surface area (Å²) in [5, 5.41) is 10.6. The monoisotopic (exact) mass is 1420 g/mol. The van der Waals surface area contributed by atoms with E-state index in [-0.39, 0.29) is 25.7 Å². The molecule has 0 aliphatic rings. The van der Waals surface area contributed by atoms with Gasteiger partial charge in [0.25, 0.3) is 0 Å². The van der Waals surface area contributed by atoms with Crippen LogP contribution < -0.4 is 0 Å². The number of ether oxygens (including phenoxy) is 4. The second-order valence-electron chi connectivity index (χ2n) is 28.8. The minimum atomic E-state index is -4.96. The Morgan fingerprint density at radius 2 is 0.526 bits per heavy atom. The first-order valence-electron chi connectivity index (χ1n) is 40.5. The molecule has 0 aromatic heterocycles. The van der Waals surface area contributed by atoms with Crippen LogP contribution in [-0.4, -0.2) is 96.7 Å². The van der Waals surface area contributed by atoms with Crippen molar-refractivity contribution in [2.75, 3.05) is 39.6 Å². The van der Waals surface area contributed by atoms with Crippen LogP contribution in [0.4, 0.5) is 0 Å². The van der Waals surface area contributed by atoms with E-state index in [1.54, 1.807) is 0 Å². The molecule has 17 nitrogen and oxygen atoms in total. The molecule has 0 rings (SSSR count). The Balaban J connectivity index is 5.20. The molecule has 3 N–H and O–H groups in total. The summed E-state index contributed by atoms with van der Waals surface area (Å²) in [6, 6.07) is 0. The molecule has 0 aliphatic heterocycles. The molecule has 0 aliphatic carbocycles. The Hall–Kier alpha value is -1.94. The van der Waals surface area contributed by atoms with Crippen LogP contribution in [0.25, 0.3) is 0 Å². The number of phosphoric acid groups is 2. The quantitative estimate of drug-likeness (QED) is 0.0222. The number of phosphoric ester groups is 2. The van der Waals surface area contributed by atoms with Crippen molar-refractivity contribution in [3.05, 3.63) is 0 Å². The third-order valence-corrected chi connectivity index (χ3v) is 20.5. The maximum atomic E-state index is 13.1. The first-order valence-corrected chi connectivity index (χ1v) is 43.5. The van der Waals surface area contributed by atoms with Crippen LogP contribution >= 0.6 is 15.6 Å². The lowest BCUT2D eigenvalue weighted by atomic mass is 10.00. The highest BCUT2D eigenvalue weighted by Crippen LogP contribution is 2.45. The Morgan fingerprint density at radius 1 is 0.299 bits per heavy atom. The summed E-state index contributed by atoms with van der Waals surface area (Å²) in [5.74, 6) is -0.575. The molecule has 0 saturated heterocycles. The van der Waals surface area contributed by atoms with E-state index in [4.69, 9.17) is 37.0 Å². The SMILES string of the molecule is CCCCCCCCCCCCCCCCCCC(=O)OC[C@H](COP(=O)(O)OC[C@@H](O)COP(=O)(O)OC[C@@H](COC(=O)CCCCCCCCCCCC)OC(=O)CCCCCCCCC(C)CC)OC(=O)CCCCCCCCCCCCCCCCCCCCC(C)C. The van der Waals surface area contributed by atoms with Gasteiger partial charge in [0.15, 0.2) is 12.2 Å². The van der Waals surface area contributed by atoms with E-state index >= 15 is 0 Å². The fourth-order valence-corrected chi connectivity index (χ4v) is 13.6. The van der Waals surface area contributed by atoms with Crippen molar-refractivity contribution < 1.29 is 80.2 Å². The standard InChI is InChI=1S/C78H152O17P2/c1-7-10-12-14-16-18-20-21-22-28-31-34-38-42-49-55-61-76(81)88-66-73(94-77(82)62-56-50-43-39-35-32-29-26-24-23-25-27-30-33-36-40-46-52-58-70(4)5)68-92-96(84,85)90-64-72(79)65-91-97(86,87)93-69-74(95-78(83)63-57-51-45-44-47-53-59-71(6)9-3)67-89-75(80)60-54-48-41-37-19-17-15-13-11-8-2/h70-74,79H,7-69H2,1-6H3,(H,84,85)(H,86,87)/t71?,72-,73-,74-/m1/s1. The first kappa shape index (κ1) is 95.1. The molecule has 0 saturated carbocycles. The van der Waals surface area contributed by atoms with Crippen LogP contribution in [0.1, 0.15) is 408 Å². The smallest absolute Gasteiger partial charge is 0.462 e. The van der Waals surface area contributed by atoms with Crippen LogP contribution in [0.2, 0.25) is 0 Å². The normalized spacial score (nSPS) is 14.2. The number of rotatable bonds is 77. The fraction of sp³-hybridized carbons (Fsp3) is 0.949. The third-order valence-electron chi connectivity index (χ3n) is 18.6. The van der Waals surface area contributed by atoms with Gasteiger partial charge in [-0.2, -0.15) is 0 Å². The van der Waals surface area contributed by atoms with Gasteiger partial charge in [-0.1, -0.05) is 356 Å². The van der Waals surface area contributed by atoms with Crippen LogP contribution in [0, 0.1) is 11.8 Å². The molecule has 0 radical (unpaired) electrons. The highest BCUT2D eigenvalue weighted by Gasteiger charge is 2.30. The molecule has 0 amide bonds. The van der Waals surface area contributed by atoms with Gasteiger partial charge in [0, 0.05) is 25.7 Å². The molecule has 576 valence electrons. The van der Waals surface area contributed by atoms with Gasteiger partial charge in [-0.3, -0.25) is 37.3 Å². The fourth-order valence-electron chi connectivity index (χ4n) is 12.0. The number of aliphatic hydroxyl groups excluding tert-OH is 1. The molecule has 0 bridgehead atoms. The zero-order valence-corrected chi connectivity index (χ0v) is 65.2. The lowest BCUT2D eigenvalue weighted by molar-refractivity contribution is -0.161. The summed E-state index contributed by atoms with van der Waals surface area (Å²) >= 11 is 0. The summed E-state index contributed by atoms with van der Waals surface area (Å²) < 4.78 is 68.5. The van der Waals surface area contributed by atoms with Gasteiger partial charge in [0.05, 0.1) is 26.4 Å². The van der Waals surface area contributed by atoms with E-state index in [0.717, 1.165) is 102 Å². The molecule has 0 aromatic carbocycles. The topological polar surface area (TPSA) is 237 Å².